The first-order valence-electron chi connectivity index (χ1n) is 8.93. The minimum absolute atomic E-state index is 0.577. The van der Waals surface area contributed by atoms with E-state index in [2.05, 4.69) is 6.92 Å². The van der Waals surface area contributed by atoms with E-state index in [4.69, 9.17) is 4.74 Å². The summed E-state index contributed by atoms with van der Waals surface area (Å²) in [4.78, 5) is 0. The second kappa shape index (κ2) is 3.78. The van der Waals surface area contributed by atoms with Crippen molar-refractivity contribution in [3.8, 4) is 0 Å². The summed E-state index contributed by atoms with van der Waals surface area (Å²) in [6, 6.07) is 0. The first kappa shape index (κ1) is 11.6. The number of ether oxygens (including phenoxy) is 1. The highest BCUT2D eigenvalue weighted by molar-refractivity contribution is 5.14. The average molecular weight is 260 g/mol. The van der Waals surface area contributed by atoms with Crippen molar-refractivity contribution in [1.82, 2.24) is 0 Å². The van der Waals surface area contributed by atoms with Crippen molar-refractivity contribution in [2.45, 2.75) is 76.9 Å². The average Bonchev–Trinajstić information content (AvgIpc) is 3.16. The molecule has 1 heterocycles. The predicted molar refractivity (Wildman–Crippen MR) is 75.8 cm³/mol. The molecule has 5 rings (SSSR count). The molecule has 106 valence electrons. The van der Waals surface area contributed by atoms with E-state index in [1.54, 1.807) is 25.7 Å². The molecule has 5 aliphatic rings. The van der Waals surface area contributed by atoms with E-state index in [1.807, 2.05) is 0 Å². The van der Waals surface area contributed by atoms with Crippen LogP contribution in [-0.4, -0.2) is 12.2 Å². The zero-order valence-electron chi connectivity index (χ0n) is 12.3. The molecule has 0 bridgehead atoms. The topological polar surface area (TPSA) is 12.5 Å². The summed E-state index contributed by atoms with van der Waals surface area (Å²) in [5.74, 6) is 5.45. The van der Waals surface area contributed by atoms with Gasteiger partial charge in [-0.05, 0) is 73.5 Å². The van der Waals surface area contributed by atoms with Crippen molar-refractivity contribution < 1.29 is 4.74 Å². The number of hydrogen-bond acceptors (Lipinski definition) is 1. The van der Waals surface area contributed by atoms with E-state index in [9.17, 15) is 0 Å². The fraction of sp³-hybridized carbons (Fsp3) is 1.00. The lowest BCUT2D eigenvalue weighted by Crippen LogP contribution is -2.48. The second-order valence-corrected chi connectivity index (χ2v) is 8.60. The molecular weight excluding hydrogens is 232 g/mol. The lowest BCUT2D eigenvalue weighted by atomic mass is 9.50. The van der Waals surface area contributed by atoms with Gasteiger partial charge in [0.05, 0.1) is 12.2 Å². The molecule has 1 heteroatoms. The Kier molecular flexibility index (Phi) is 2.31. The molecule has 1 aliphatic heterocycles. The number of epoxide rings is 1. The van der Waals surface area contributed by atoms with Gasteiger partial charge in [-0.15, -0.1) is 0 Å². The van der Waals surface area contributed by atoms with Crippen LogP contribution in [0.5, 0.6) is 0 Å². The second-order valence-electron chi connectivity index (χ2n) is 8.60. The number of fused-ring (bicyclic) bond motifs is 7. The monoisotopic (exact) mass is 260 g/mol. The van der Waals surface area contributed by atoms with Crippen LogP contribution in [0.1, 0.15) is 64.7 Å². The molecule has 8 atom stereocenters. The van der Waals surface area contributed by atoms with Gasteiger partial charge >= 0.3 is 0 Å². The Hall–Kier alpha value is -0.0400. The molecular formula is C18H28O. The summed E-state index contributed by atoms with van der Waals surface area (Å²) >= 11 is 0. The number of hydrogen-bond donors (Lipinski definition) is 0. The van der Waals surface area contributed by atoms with Crippen LogP contribution in [-0.2, 0) is 4.74 Å². The van der Waals surface area contributed by atoms with Crippen LogP contribution in [0.4, 0.5) is 0 Å². The minimum Gasteiger partial charge on any atom is -0.369 e. The first-order valence-corrected chi connectivity index (χ1v) is 8.93. The third-order valence-corrected chi connectivity index (χ3v) is 8.04. The Morgan fingerprint density at radius 1 is 0.895 bits per heavy atom. The molecule has 1 saturated heterocycles. The lowest BCUT2D eigenvalue weighted by Gasteiger charge is -2.55. The standard InChI is InChI=1S/C18H28O/c1-18-9-8-13-12-5-3-2-4-11(12)6-7-14(13)15(18)10-16-17(18)19-16/h11-17H,2-10H2,1H3/t11?,12-,13+,14+,15-,16+,17+,18-/m0/s1. The molecule has 5 fully saturated rings. The van der Waals surface area contributed by atoms with Crippen LogP contribution in [0, 0.1) is 35.0 Å². The zero-order chi connectivity index (χ0) is 12.6. The Labute approximate surface area is 117 Å². The summed E-state index contributed by atoms with van der Waals surface area (Å²) in [5.41, 5.74) is 0.577. The quantitative estimate of drug-likeness (QED) is 0.588. The molecule has 0 aromatic rings. The SMILES string of the molecule is C[C@]12CC[C@H]3[C@@H](CCC4CCCC[C@@H]43)[C@@H]1C[C@H]1O[C@H]12. The van der Waals surface area contributed by atoms with Gasteiger partial charge in [-0.2, -0.15) is 0 Å². The molecule has 0 aromatic heterocycles. The normalized spacial score (nSPS) is 62.7. The third-order valence-electron chi connectivity index (χ3n) is 8.04. The van der Waals surface area contributed by atoms with Crippen LogP contribution >= 0.6 is 0 Å². The smallest absolute Gasteiger partial charge is 0.0898 e. The van der Waals surface area contributed by atoms with Gasteiger partial charge in [-0.3, -0.25) is 0 Å². The van der Waals surface area contributed by atoms with Gasteiger partial charge in [0.25, 0.3) is 0 Å². The minimum atomic E-state index is 0.577. The van der Waals surface area contributed by atoms with E-state index in [-0.39, 0.29) is 0 Å². The highest BCUT2D eigenvalue weighted by atomic mass is 16.6. The maximum absolute atomic E-state index is 5.91. The molecule has 0 N–H and O–H groups in total. The van der Waals surface area contributed by atoms with Gasteiger partial charge in [0.15, 0.2) is 0 Å². The molecule has 4 saturated carbocycles. The van der Waals surface area contributed by atoms with Gasteiger partial charge in [-0.1, -0.05) is 26.2 Å². The lowest BCUT2D eigenvalue weighted by molar-refractivity contribution is -0.0729. The maximum atomic E-state index is 5.91. The molecule has 4 aliphatic carbocycles. The molecule has 0 radical (unpaired) electrons. The van der Waals surface area contributed by atoms with E-state index in [0.717, 1.165) is 29.6 Å². The van der Waals surface area contributed by atoms with Crippen LogP contribution in [0.25, 0.3) is 0 Å². The van der Waals surface area contributed by atoms with Crippen LogP contribution in [0.15, 0.2) is 0 Å². The van der Waals surface area contributed by atoms with Crippen LogP contribution < -0.4 is 0 Å². The summed E-state index contributed by atoms with van der Waals surface area (Å²) in [6.07, 6.45) is 15.1. The van der Waals surface area contributed by atoms with E-state index in [0.29, 0.717) is 17.6 Å². The van der Waals surface area contributed by atoms with Crippen molar-refractivity contribution in [2.75, 3.05) is 0 Å². The summed E-state index contributed by atoms with van der Waals surface area (Å²) in [7, 11) is 0. The van der Waals surface area contributed by atoms with Gasteiger partial charge in [0.1, 0.15) is 0 Å². The van der Waals surface area contributed by atoms with E-state index >= 15 is 0 Å². The van der Waals surface area contributed by atoms with Crippen molar-refractivity contribution in [2.24, 2.45) is 35.0 Å². The fourth-order valence-corrected chi connectivity index (χ4v) is 7.13. The maximum Gasteiger partial charge on any atom is 0.0898 e. The van der Waals surface area contributed by atoms with Gasteiger partial charge in [-0.25, -0.2) is 0 Å². The molecule has 0 spiro atoms. The van der Waals surface area contributed by atoms with Crippen molar-refractivity contribution in [3.05, 3.63) is 0 Å². The van der Waals surface area contributed by atoms with Gasteiger partial charge in [0.2, 0.25) is 0 Å². The molecule has 19 heavy (non-hydrogen) atoms. The van der Waals surface area contributed by atoms with Crippen LogP contribution in [0.2, 0.25) is 0 Å². The van der Waals surface area contributed by atoms with E-state index < -0.39 is 0 Å². The summed E-state index contributed by atoms with van der Waals surface area (Å²) in [5, 5.41) is 0. The van der Waals surface area contributed by atoms with Gasteiger partial charge in [0, 0.05) is 0 Å². The molecule has 0 aromatic carbocycles. The number of rotatable bonds is 0. The third kappa shape index (κ3) is 1.46. The zero-order valence-corrected chi connectivity index (χ0v) is 12.3. The first-order chi connectivity index (χ1) is 9.27. The Balaban J connectivity index is 1.44. The van der Waals surface area contributed by atoms with E-state index in [1.165, 1.54) is 32.1 Å². The summed E-state index contributed by atoms with van der Waals surface area (Å²) in [6.45, 7) is 2.57. The molecule has 1 nitrogen and oxygen atoms in total. The molecule has 0 amide bonds. The highest BCUT2D eigenvalue weighted by Crippen LogP contribution is 2.67. The van der Waals surface area contributed by atoms with Crippen molar-refractivity contribution in [1.29, 1.82) is 0 Å². The Bertz CT molecular complexity index is 391. The predicted octanol–water partition coefficient (Wildman–Crippen LogP) is 4.41. The fourth-order valence-electron chi connectivity index (χ4n) is 7.13. The van der Waals surface area contributed by atoms with Gasteiger partial charge < -0.3 is 4.74 Å². The Morgan fingerprint density at radius 3 is 2.74 bits per heavy atom. The van der Waals surface area contributed by atoms with Crippen molar-refractivity contribution in [3.63, 3.8) is 0 Å². The Morgan fingerprint density at radius 2 is 1.79 bits per heavy atom. The van der Waals surface area contributed by atoms with Crippen molar-refractivity contribution >= 4 is 0 Å². The highest BCUT2D eigenvalue weighted by Gasteiger charge is 2.66. The molecule has 1 unspecified atom stereocenters. The van der Waals surface area contributed by atoms with Crippen LogP contribution in [0.3, 0.4) is 0 Å². The summed E-state index contributed by atoms with van der Waals surface area (Å²) < 4.78 is 5.91. The largest absolute Gasteiger partial charge is 0.369 e.